The number of aliphatic hydroxyl groups is 2. The Morgan fingerprint density at radius 1 is 0.967 bits per heavy atom. The molecule has 11 atom stereocenters. The third-order valence-electron chi connectivity index (χ3n) is 11.4. The molecule has 0 spiro atoms. The summed E-state index contributed by atoms with van der Waals surface area (Å²) in [6.45, 7) is 11.9. The van der Waals surface area contributed by atoms with Crippen molar-refractivity contribution in [1.82, 2.24) is 0 Å². The van der Waals surface area contributed by atoms with Gasteiger partial charge in [-0.3, -0.25) is 0 Å². The first-order valence-electron chi connectivity index (χ1n) is 13.2. The summed E-state index contributed by atoms with van der Waals surface area (Å²) in [6.07, 6.45) is 11.8. The van der Waals surface area contributed by atoms with Gasteiger partial charge in [-0.25, -0.2) is 0 Å². The highest BCUT2D eigenvalue weighted by Crippen LogP contribution is 2.70. The largest absolute Gasteiger partial charge is 0.393 e. The summed E-state index contributed by atoms with van der Waals surface area (Å²) >= 11 is 0. The molecule has 0 amide bonds. The van der Waals surface area contributed by atoms with Crippen LogP contribution in [0.15, 0.2) is 0 Å². The molecule has 3 nitrogen and oxygen atoms in total. The van der Waals surface area contributed by atoms with Crippen LogP contribution in [0.2, 0.25) is 0 Å². The second-order valence-corrected chi connectivity index (χ2v) is 13.1. The fourth-order valence-electron chi connectivity index (χ4n) is 9.71. The number of hydrogen-bond donors (Lipinski definition) is 2. The Hall–Kier alpha value is -0.120. The SMILES string of the molecule is CC(C)CCC1(O)OC2C[C@H]3C4CC[C@@H]5C[C@@H](O)CC[C@]5(C)[C@H]4CC[C@@]3(C)C2[C@@H]1C. The average Bonchev–Trinajstić information content (AvgIpc) is 3.11. The molecule has 4 aliphatic carbocycles. The van der Waals surface area contributed by atoms with Crippen LogP contribution in [0.25, 0.3) is 0 Å². The maximum absolute atomic E-state index is 11.4. The molecule has 5 fully saturated rings. The molecule has 1 saturated heterocycles. The Kier molecular flexibility index (Phi) is 5.20. The van der Waals surface area contributed by atoms with Crippen LogP contribution >= 0.6 is 0 Å². The van der Waals surface area contributed by atoms with Gasteiger partial charge >= 0.3 is 0 Å². The van der Waals surface area contributed by atoms with Crippen LogP contribution in [-0.4, -0.2) is 28.2 Å². The minimum atomic E-state index is -0.909. The van der Waals surface area contributed by atoms with Gasteiger partial charge in [0.1, 0.15) is 0 Å². The quantitative estimate of drug-likeness (QED) is 0.611. The first kappa shape index (κ1) is 21.7. The van der Waals surface area contributed by atoms with E-state index in [4.69, 9.17) is 4.74 Å². The monoisotopic (exact) mass is 418 g/mol. The van der Waals surface area contributed by atoms with E-state index in [1.165, 1.54) is 38.5 Å². The Bertz CT molecular complexity index is 662. The molecular formula is C27H46O3. The minimum Gasteiger partial charge on any atom is -0.393 e. The van der Waals surface area contributed by atoms with Gasteiger partial charge in [0.15, 0.2) is 5.79 Å². The van der Waals surface area contributed by atoms with E-state index in [2.05, 4.69) is 34.6 Å². The predicted octanol–water partition coefficient (Wildman–Crippen LogP) is 5.78. The van der Waals surface area contributed by atoms with Crippen molar-refractivity contribution in [3.05, 3.63) is 0 Å². The highest BCUT2D eigenvalue weighted by atomic mass is 16.6. The topological polar surface area (TPSA) is 49.7 Å². The number of hydrogen-bond acceptors (Lipinski definition) is 3. The van der Waals surface area contributed by atoms with Crippen LogP contribution in [0, 0.1) is 52.3 Å². The second-order valence-electron chi connectivity index (χ2n) is 13.1. The number of aliphatic hydroxyl groups excluding tert-OH is 1. The summed E-state index contributed by atoms with van der Waals surface area (Å²) in [5, 5.41) is 21.7. The van der Waals surface area contributed by atoms with Crippen molar-refractivity contribution in [3.8, 4) is 0 Å². The molecule has 1 heterocycles. The molecule has 3 heteroatoms. The first-order valence-corrected chi connectivity index (χ1v) is 13.2. The molecular weight excluding hydrogens is 372 g/mol. The standard InChI is InChI=1S/C27H46O3/c1-16(2)8-13-27(29)17(3)24-23(30-27)15-22-20-7-6-18-14-19(28)9-11-25(18,4)21(20)10-12-26(22,24)5/h16-24,28-29H,6-15H2,1-5H3/t17-,18+,19-,20?,21-,22-,23?,24?,25-,26+,27?/m0/s1. The van der Waals surface area contributed by atoms with Crippen molar-refractivity contribution in [2.75, 3.05) is 0 Å². The lowest BCUT2D eigenvalue weighted by Crippen LogP contribution is -2.54. The Labute approximate surface area is 184 Å². The number of fused-ring (bicyclic) bond motifs is 7. The highest BCUT2D eigenvalue weighted by molar-refractivity contribution is 5.14. The predicted molar refractivity (Wildman–Crippen MR) is 120 cm³/mol. The Balaban J connectivity index is 1.37. The molecule has 5 rings (SSSR count). The normalized spacial score (nSPS) is 57.6. The van der Waals surface area contributed by atoms with Crippen LogP contribution in [0.3, 0.4) is 0 Å². The molecule has 2 N–H and O–H groups in total. The van der Waals surface area contributed by atoms with Crippen LogP contribution in [0.5, 0.6) is 0 Å². The van der Waals surface area contributed by atoms with E-state index < -0.39 is 5.79 Å². The van der Waals surface area contributed by atoms with Gasteiger partial charge in [-0.2, -0.15) is 0 Å². The van der Waals surface area contributed by atoms with Gasteiger partial charge in [-0.05, 0) is 104 Å². The van der Waals surface area contributed by atoms with Crippen LogP contribution < -0.4 is 0 Å². The fourth-order valence-corrected chi connectivity index (χ4v) is 9.71. The molecule has 4 unspecified atom stereocenters. The summed E-state index contributed by atoms with van der Waals surface area (Å²) in [5.41, 5.74) is 0.761. The lowest BCUT2D eigenvalue weighted by Gasteiger charge is -2.61. The van der Waals surface area contributed by atoms with Crippen molar-refractivity contribution in [2.24, 2.45) is 52.3 Å². The lowest BCUT2D eigenvalue weighted by molar-refractivity contribution is -0.221. The molecule has 0 bridgehead atoms. The zero-order chi connectivity index (χ0) is 21.5. The lowest BCUT2D eigenvalue weighted by atomic mass is 9.44. The van der Waals surface area contributed by atoms with E-state index >= 15 is 0 Å². The summed E-state index contributed by atoms with van der Waals surface area (Å²) in [7, 11) is 0. The Morgan fingerprint density at radius 2 is 1.70 bits per heavy atom. The maximum atomic E-state index is 11.4. The van der Waals surface area contributed by atoms with Gasteiger partial charge in [-0.1, -0.05) is 34.6 Å². The molecule has 0 aromatic rings. The zero-order valence-electron chi connectivity index (χ0n) is 20.1. The molecule has 172 valence electrons. The first-order chi connectivity index (χ1) is 14.1. The third kappa shape index (κ3) is 3.00. The molecule has 1 aliphatic heterocycles. The zero-order valence-corrected chi connectivity index (χ0v) is 20.1. The summed E-state index contributed by atoms with van der Waals surface area (Å²) in [6, 6.07) is 0. The smallest absolute Gasteiger partial charge is 0.168 e. The van der Waals surface area contributed by atoms with E-state index in [9.17, 15) is 10.2 Å². The molecule has 0 aromatic heterocycles. The third-order valence-corrected chi connectivity index (χ3v) is 11.4. The van der Waals surface area contributed by atoms with Crippen molar-refractivity contribution in [2.45, 2.75) is 117 Å². The van der Waals surface area contributed by atoms with Crippen molar-refractivity contribution in [1.29, 1.82) is 0 Å². The van der Waals surface area contributed by atoms with Crippen LogP contribution in [-0.2, 0) is 4.74 Å². The molecule has 0 aromatic carbocycles. The van der Waals surface area contributed by atoms with Gasteiger partial charge < -0.3 is 14.9 Å². The van der Waals surface area contributed by atoms with Crippen LogP contribution in [0.4, 0.5) is 0 Å². The fraction of sp³-hybridized carbons (Fsp3) is 1.00. The highest BCUT2D eigenvalue weighted by Gasteiger charge is 2.68. The average molecular weight is 419 g/mol. The second kappa shape index (κ2) is 7.19. The molecule has 5 aliphatic rings. The summed E-state index contributed by atoms with van der Waals surface area (Å²) in [5.74, 6) is 3.59. The van der Waals surface area contributed by atoms with E-state index in [1.807, 2.05) is 0 Å². The summed E-state index contributed by atoms with van der Waals surface area (Å²) in [4.78, 5) is 0. The van der Waals surface area contributed by atoms with E-state index in [0.29, 0.717) is 22.7 Å². The van der Waals surface area contributed by atoms with E-state index in [1.54, 1.807) is 0 Å². The number of rotatable bonds is 3. The van der Waals surface area contributed by atoms with Gasteiger partial charge in [0.2, 0.25) is 0 Å². The summed E-state index contributed by atoms with van der Waals surface area (Å²) < 4.78 is 6.54. The molecule has 0 radical (unpaired) electrons. The van der Waals surface area contributed by atoms with Crippen molar-refractivity contribution in [3.63, 3.8) is 0 Å². The van der Waals surface area contributed by atoms with E-state index in [0.717, 1.165) is 49.4 Å². The van der Waals surface area contributed by atoms with Crippen LogP contribution in [0.1, 0.15) is 98.8 Å². The van der Waals surface area contributed by atoms with E-state index in [-0.39, 0.29) is 18.1 Å². The maximum Gasteiger partial charge on any atom is 0.168 e. The van der Waals surface area contributed by atoms with Gasteiger partial charge in [-0.15, -0.1) is 0 Å². The van der Waals surface area contributed by atoms with Crippen molar-refractivity contribution < 1.29 is 14.9 Å². The van der Waals surface area contributed by atoms with Gasteiger partial charge in [0.25, 0.3) is 0 Å². The van der Waals surface area contributed by atoms with Gasteiger partial charge in [0.05, 0.1) is 12.2 Å². The van der Waals surface area contributed by atoms with Crippen molar-refractivity contribution >= 4 is 0 Å². The Morgan fingerprint density at radius 3 is 2.43 bits per heavy atom. The molecule has 4 saturated carbocycles. The minimum absolute atomic E-state index is 0.0583. The molecule has 30 heavy (non-hydrogen) atoms. The van der Waals surface area contributed by atoms with Gasteiger partial charge in [0, 0.05) is 12.3 Å². The number of ether oxygens (including phenoxy) is 1.